The number of hydrogen-bond acceptors (Lipinski definition) is 5. The average Bonchev–Trinajstić information content (AvgIpc) is 3.38. The van der Waals surface area contributed by atoms with Crippen molar-refractivity contribution < 1.29 is 23.9 Å². The summed E-state index contributed by atoms with van der Waals surface area (Å²) in [7, 11) is 0. The molecule has 4 atom stereocenters. The standard InChI is InChI=1S/C21H26N2O5/c1-13(2)18-12-28-21(26)23(18)19(24)16-10-15-8-9-17(16)22(15)20(25)27-11-14-6-4-3-5-7-14/h3-7,13,15-18H,8-12H2,1-2H3/t15-,16-,17+,18+/m0/s1. The van der Waals surface area contributed by atoms with Crippen molar-refractivity contribution in [3.8, 4) is 0 Å². The Morgan fingerprint density at radius 1 is 1.21 bits per heavy atom. The van der Waals surface area contributed by atoms with Crippen LogP contribution in [0.5, 0.6) is 0 Å². The van der Waals surface area contributed by atoms with E-state index < -0.39 is 6.09 Å². The molecule has 0 N–H and O–H groups in total. The normalized spacial score (nSPS) is 28.8. The van der Waals surface area contributed by atoms with Crippen molar-refractivity contribution in [2.24, 2.45) is 11.8 Å². The van der Waals surface area contributed by atoms with Crippen molar-refractivity contribution in [2.75, 3.05) is 6.61 Å². The molecule has 28 heavy (non-hydrogen) atoms. The number of cyclic esters (lactones) is 1. The van der Waals surface area contributed by atoms with Crippen molar-refractivity contribution in [3.63, 3.8) is 0 Å². The highest BCUT2D eigenvalue weighted by Crippen LogP contribution is 2.43. The third kappa shape index (κ3) is 3.23. The molecule has 150 valence electrons. The molecule has 1 aromatic rings. The highest BCUT2D eigenvalue weighted by molar-refractivity contribution is 5.95. The molecule has 0 unspecified atom stereocenters. The summed E-state index contributed by atoms with van der Waals surface area (Å²) in [5.41, 5.74) is 0.926. The van der Waals surface area contributed by atoms with Crippen molar-refractivity contribution in [1.82, 2.24) is 9.80 Å². The predicted octanol–water partition coefficient (Wildman–Crippen LogP) is 3.18. The van der Waals surface area contributed by atoms with E-state index in [1.807, 2.05) is 44.2 Å². The molecule has 0 radical (unpaired) electrons. The van der Waals surface area contributed by atoms with Crippen molar-refractivity contribution in [3.05, 3.63) is 35.9 Å². The maximum absolute atomic E-state index is 13.2. The molecule has 3 heterocycles. The molecule has 3 aliphatic rings. The first-order chi connectivity index (χ1) is 13.5. The van der Waals surface area contributed by atoms with Gasteiger partial charge in [0, 0.05) is 12.1 Å². The molecule has 4 rings (SSSR count). The lowest BCUT2D eigenvalue weighted by Crippen LogP contribution is -2.48. The number of carbonyl (C=O) groups is 3. The fraction of sp³-hybridized carbons (Fsp3) is 0.571. The van der Waals surface area contributed by atoms with Gasteiger partial charge in [0.25, 0.3) is 0 Å². The number of benzene rings is 1. The van der Waals surface area contributed by atoms with Gasteiger partial charge < -0.3 is 14.4 Å². The second kappa shape index (κ2) is 7.45. The zero-order chi connectivity index (χ0) is 19.8. The highest BCUT2D eigenvalue weighted by Gasteiger charge is 2.55. The van der Waals surface area contributed by atoms with E-state index in [2.05, 4.69) is 0 Å². The van der Waals surface area contributed by atoms with Gasteiger partial charge in [-0.05, 0) is 30.7 Å². The monoisotopic (exact) mass is 386 g/mol. The minimum Gasteiger partial charge on any atom is -0.447 e. The van der Waals surface area contributed by atoms with Crippen LogP contribution < -0.4 is 0 Å². The predicted molar refractivity (Wildman–Crippen MR) is 100 cm³/mol. The Labute approximate surface area is 164 Å². The maximum atomic E-state index is 13.2. The largest absolute Gasteiger partial charge is 0.447 e. The van der Waals surface area contributed by atoms with Gasteiger partial charge in [0.05, 0.1) is 12.0 Å². The van der Waals surface area contributed by atoms with Crippen LogP contribution in [0.15, 0.2) is 30.3 Å². The summed E-state index contributed by atoms with van der Waals surface area (Å²) < 4.78 is 10.6. The molecule has 0 spiro atoms. The van der Waals surface area contributed by atoms with Crippen molar-refractivity contribution in [2.45, 2.75) is 57.8 Å². The molecule has 3 saturated heterocycles. The molecule has 0 aromatic heterocycles. The smallest absolute Gasteiger partial charge is 0.416 e. The molecule has 0 aliphatic carbocycles. The lowest BCUT2D eigenvalue weighted by Gasteiger charge is -2.28. The summed E-state index contributed by atoms with van der Waals surface area (Å²) in [5.74, 6) is -0.454. The molecule has 7 heteroatoms. The third-order valence-electron chi connectivity index (χ3n) is 6.18. The maximum Gasteiger partial charge on any atom is 0.416 e. The van der Waals surface area contributed by atoms with Crippen LogP contribution >= 0.6 is 0 Å². The number of ether oxygens (including phenoxy) is 2. The van der Waals surface area contributed by atoms with Gasteiger partial charge in [-0.3, -0.25) is 4.79 Å². The molecular formula is C21H26N2O5. The topological polar surface area (TPSA) is 76.2 Å². The van der Waals surface area contributed by atoms with Crippen LogP contribution in [-0.4, -0.2) is 52.6 Å². The lowest BCUT2D eigenvalue weighted by atomic mass is 9.87. The van der Waals surface area contributed by atoms with Gasteiger partial charge in [-0.25, -0.2) is 14.5 Å². The Kier molecular flexibility index (Phi) is 5.00. The Hall–Kier alpha value is -2.57. The average molecular weight is 386 g/mol. The Morgan fingerprint density at radius 2 is 1.96 bits per heavy atom. The summed E-state index contributed by atoms with van der Waals surface area (Å²) in [6.07, 6.45) is 1.27. The first kappa shape index (κ1) is 18.8. The fourth-order valence-corrected chi connectivity index (χ4v) is 4.69. The van der Waals surface area contributed by atoms with Gasteiger partial charge in [0.2, 0.25) is 5.91 Å². The first-order valence-electron chi connectivity index (χ1n) is 9.96. The quantitative estimate of drug-likeness (QED) is 0.794. The first-order valence-corrected chi connectivity index (χ1v) is 9.96. The van der Waals surface area contributed by atoms with Gasteiger partial charge in [-0.1, -0.05) is 44.2 Å². The van der Waals surface area contributed by atoms with Gasteiger partial charge in [0.15, 0.2) is 0 Å². The minimum absolute atomic E-state index is 0.00153. The SMILES string of the molecule is CC(C)[C@H]1COC(=O)N1C(=O)[C@H]1C[C@@H]2CC[C@H]1N2C(=O)OCc1ccccc1. The number of amides is 3. The summed E-state index contributed by atoms with van der Waals surface area (Å²) in [4.78, 5) is 41.0. The number of fused-ring (bicyclic) bond motifs is 2. The van der Waals surface area contributed by atoms with Crippen LogP contribution in [0.25, 0.3) is 0 Å². The van der Waals surface area contributed by atoms with Crippen LogP contribution in [0.3, 0.4) is 0 Å². The van der Waals surface area contributed by atoms with E-state index in [0.29, 0.717) is 6.42 Å². The van der Waals surface area contributed by atoms with Crippen molar-refractivity contribution in [1.29, 1.82) is 0 Å². The Balaban J connectivity index is 1.43. The van der Waals surface area contributed by atoms with E-state index in [1.165, 1.54) is 4.90 Å². The molecule has 0 saturated carbocycles. The van der Waals surface area contributed by atoms with Crippen LogP contribution in [0.1, 0.15) is 38.7 Å². The molecule has 3 aliphatic heterocycles. The van der Waals surface area contributed by atoms with Gasteiger partial charge in [-0.2, -0.15) is 0 Å². The molecule has 1 aromatic carbocycles. The zero-order valence-electron chi connectivity index (χ0n) is 16.2. The van der Waals surface area contributed by atoms with E-state index in [0.717, 1.165) is 18.4 Å². The van der Waals surface area contributed by atoms with Gasteiger partial charge in [-0.15, -0.1) is 0 Å². The minimum atomic E-state index is -0.565. The van der Waals surface area contributed by atoms with E-state index in [-0.39, 0.29) is 55.2 Å². The van der Waals surface area contributed by atoms with Crippen LogP contribution in [0, 0.1) is 11.8 Å². The summed E-state index contributed by atoms with van der Waals surface area (Å²) in [5, 5.41) is 0. The van der Waals surface area contributed by atoms with Crippen LogP contribution in [-0.2, 0) is 20.9 Å². The van der Waals surface area contributed by atoms with Gasteiger partial charge >= 0.3 is 12.2 Å². The van der Waals surface area contributed by atoms with E-state index >= 15 is 0 Å². The second-order valence-corrected chi connectivity index (χ2v) is 8.18. The molecule has 3 amide bonds. The number of nitrogens with zero attached hydrogens (tertiary/aromatic N) is 2. The Bertz CT molecular complexity index is 765. The number of hydrogen-bond donors (Lipinski definition) is 0. The van der Waals surface area contributed by atoms with E-state index in [4.69, 9.17) is 9.47 Å². The molecule has 3 fully saturated rings. The number of imide groups is 1. The van der Waals surface area contributed by atoms with Crippen LogP contribution in [0.2, 0.25) is 0 Å². The van der Waals surface area contributed by atoms with Crippen molar-refractivity contribution >= 4 is 18.1 Å². The third-order valence-corrected chi connectivity index (χ3v) is 6.18. The Morgan fingerprint density at radius 3 is 2.68 bits per heavy atom. The van der Waals surface area contributed by atoms with Gasteiger partial charge in [0.1, 0.15) is 13.2 Å². The molecule has 2 bridgehead atoms. The van der Waals surface area contributed by atoms with Crippen LogP contribution in [0.4, 0.5) is 9.59 Å². The second-order valence-electron chi connectivity index (χ2n) is 8.18. The highest BCUT2D eigenvalue weighted by atomic mass is 16.6. The summed E-state index contributed by atoms with van der Waals surface area (Å²) >= 11 is 0. The summed E-state index contributed by atoms with van der Waals surface area (Å²) in [6, 6.07) is 9.08. The lowest BCUT2D eigenvalue weighted by molar-refractivity contribution is -0.134. The van der Waals surface area contributed by atoms with E-state index in [9.17, 15) is 14.4 Å². The molecule has 7 nitrogen and oxygen atoms in total. The molecular weight excluding hydrogens is 360 g/mol. The fourth-order valence-electron chi connectivity index (χ4n) is 4.69. The number of rotatable bonds is 4. The zero-order valence-corrected chi connectivity index (χ0v) is 16.2. The van der Waals surface area contributed by atoms with E-state index in [1.54, 1.807) is 4.90 Å². The summed E-state index contributed by atoms with van der Waals surface area (Å²) in [6.45, 7) is 4.40. The number of carbonyl (C=O) groups excluding carboxylic acids is 3.